The van der Waals surface area contributed by atoms with Gasteiger partial charge in [0, 0.05) is 67.9 Å². The fourth-order valence-electron chi connectivity index (χ4n) is 8.58. The third-order valence-electron chi connectivity index (χ3n) is 11.5. The summed E-state index contributed by atoms with van der Waals surface area (Å²) in [5.41, 5.74) is 13.1. The van der Waals surface area contributed by atoms with Gasteiger partial charge in [-0.1, -0.05) is 146 Å². The molecular weight excluding hydrogens is 757 g/mol. The number of hydrogen-bond donors (Lipinski definition) is 0. The van der Waals surface area contributed by atoms with E-state index in [4.69, 9.17) is 19.9 Å². The van der Waals surface area contributed by atoms with Gasteiger partial charge >= 0.3 is 0 Å². The molecule has 0 radical (unpaired) electrons. The van der Waals surface area contributed by atoms with E-state index >= 15 is 0 Å². The molecule has 11 rings (SSSR count). The molecule has 294 valence electrons. The summed E-state index contributed by atoms with van der Waals surface area (Å²) < 4.78 is 4.77. The van der Waals surface area contributed by atoms with E-state index in [1.54, 1.807) is 0 Å². The van der Waals surface area contributed by atoms with Crippen LogP contribution in [0.5, 0.6) is 0 Å². The van der Waals surface area contributed by atoms with Gasteiger partial charge in [0.1, 0.15) is 0 Å². The monoisotopic (exact) mass is 796 g/mol. The molecule has 0 unspecified atom stereocenters. The van der Waals surface area contributed by atoms with Crippen LogP contribution in [0.15, 0.2) is 213 Å². The summed E-state index contributed by atoms with van der Waals surface area (Å²) in [5, 5.41) is 3.64. The van der Waals surface area contributed by atoms with Crippen LogP contribution >= 0.6 is 0 Å². The molecule has 0 fully saturated rings. The lowest BCUT2D eigenvalue weighted by atomic mass is 10.0. The molecular formula is C56H40N6. The summed E-state index contributed by atoms with van der Waals surface area (Å²) in [6.45, 7) is 0. The number of para-hydroxylation sites is 3. The maximum Gasteiger partial charge on any atom is 0.165 e. The van der Waals surface area contributed by atoms with Crippen molar-refractivity contribution < 1.29 is 0 Å². The zero-order chi connectivity index (χ0) is 41.2. The predicted molar refractivity (Wildman–Crippen MR) is 254 cm³/mol. The zero-order valence-corrected chi connectivity index (χ0v) is 33.9. The molecule has 0 aliphatic carbocycles. The fourth-order valence-corrected chi connectivity index (χ4v) is 8.58. The van der Waals surface area contributed by atoms with Crippen LogP contribution in [0.2, 0.25) is 0 Å². The third-order valence-corrected chi connectivity index (χ3v) is 11.5. The molecule has 0 spiro atoms. The van der Waals surface area contributed by atoms with Gasteiger partial charge in [-0.15, -0.1) is 0 Å². The highest BCUT2D eigenvalue weighted by molar-refractivity contribution is 6.10. The summed E-state index contributed by atoms with van der Waals surface area (Å²) in [6.07, 6.45) is 10.2. The molecule has 0 amide bonds. The topological polar surface area (TPSA) is 61.4 Å². The van der Waals surface area contributed by atoms with Crippen molar-refractivity contribution in [2.24, 2.45) is 0 Å². The largest absolute Gasteiger partial charge is 0.314 e. The third kappa shape index (κ3) is 7.03. The first kappa shape index (κ1) is 36.8. The Kier molecular flexibility index (Phi) is 9.56. The smallest absolute Gasteiger partial charge is 0.165 e. The molecule has 62 heavy (non-hydrogen) atoms. The second-order valence-electron chi connectivity index (χ2n) is 15.5. The highest BCUT2D eigenvalue weighted by Gasteiger charge is 2.16. The van der Waals surface area contributed by atoms with Gasteiger partial charge in [-0.3, -0.25) is 4.98 Å². The number of aromatic nitrogens is 6. The Labute approximate surface area is 359 Å². The summed E-state index contributed by atoms with van der Waals surface area (Å²) in [4.78, 5) is 19.5. The Morgan fingerprint density at radius 2 is 1.02 bits per heavy atom. The Balaban J connectivity index is 0.907. The van der Waals surface area contributed by atoms with Gasteiger partial charge in [0.2, 0.25) is 0 Å². The van der Waals surface area contributed by atoms with Crippen molar-refractivity contribution in [2.45, 2.75) is 12.8 Å². The number of benzene rings is 7. The van der Waals surface area contributed by atoms with Crippen molar-refractivity contribution >= 4 is 38.8 Å². The maximum atomic E-state index is 4.96. The average molecular weight is 797 g/mol. The second kappa shape index (κ2) is 16.1. The molecule has 7 aromatic carbocycles. The van der Waals surface area contributed by atoms with Crippen molar-refractivity contribution in [3.05, 3.63) is 224 Å². The second-order valence-corrected chi connectivity index (χ2v) is 15.5. The summed E-state index contributed by atoms with van der Waals surface area (Å²) >= 11 is 0. The predicted octanol–water partition coefficient (Wildman–Crippen LogP) is 13.6. The number of allylic oxidation sites excluding steroid dienone is 1. The molecule has 0 saturated carbocycles. The molecule has 4 aromatic heterocycles. The standard InChI is InChI=1S/C56H40N6/c1-4-19-40(20-5-1)54-58-55(41-21-6-2-7-22-41)60-56(59-54)45-34-44(37-57-38-45)42-31-32-53-50(36-42)49-28-13-15-30-52(49)62(53)47-27-16-18-39(33-47)17-10-12-26-48-35-43-23-11-14-29-51(43)61(48)46-24-8-3-9-25-46/h1-11,13-25,27-38H,12,26H2/b17-10+. The Morgan fingerprint density at radius 3 is 1.77 bits per heavy atom. The number of pyridine rings is 1. The Bertz CT molecular complexity index is 3340. The van der Waals surface area contributed by atoms with Gasteiger partial charge in [-0.25, -0.2) is 15.0 Å². The first-order valence-corrected chi connectivity index (χ1v) is 21.0. The van der Waals surface area contributed by atoms with Crippen LogP contribution in [0.1, 0.15) is 17.7 Å². The Hall–Kier alpha value is -8.22. The molecule has 0 bridgehead atoms. The van der Waals surface area contributed by atoms with Gasteiger partial charge < -0.3 is 9.13 Å². The van der Waals surface area contributed by atoms with Crippen LogP contribution in [0.25, 0.3) is 95.5 Å². The number of rotatable bonds is 10. The fraction of sp³-hybridized carbons (Fsp3) is 0.0357. The van der Waals surface area contributed by atoms with E-state index in [2.05, 4.69) is 155 Å². The van der Waals surface area contributed by atoms with E-state index < -0.39 is 0 Å². The van der Waals surface area contributed by atoms with Crippen LogP contribution in [-0.4, -0.2) is 29.1 Å². The molecule has 6 heteroatoms. The van der Waals surface area contributed by atoms with Crippen molar-refractivity contribution in [3.8, 4) is 56.7 Å². The van der Waals surface area contributed by atoms with E-state index in [-0.39, 0.29) is 0 Å². The minimum Gasteiger partial charge on any atom is -0.314 e. The summed E-state index contributed by atoms with van der Waals surface area (Å²) in [7, 11) is 0. The number of aryl methyl sites for hydroxylation is 1. The number of fused-ring (bicyclic) bond motifs is 4. The molecule has 0 aliphatic rings. The van der Waals surface area contributed by atoms with Crippen LogP contribution < -0.4 is 0 Å². The van der Waals surface area contributed by atoms with Crippen LogP contribution in [-0.2, 0) is 6.42 Å². The van der Waals surface area contributed by atoms with Gasteiger partial charge in [-0.05, 0) is 84.6 Å². The number of nitrogens with zero attached hydrogens (tertiary/aromatic N) is 6. The highest BCUT2D eigenvalue weighted by Crippen LogP contribution is 2.36. The van der Waals surface area contributed by atoms with E-state index in [0.717, 1.165) is 57.4 Å². The molecule has 6 nitrogen and oxygen atoms in total. The van der Waals surface area contributed by atoms with Crippen molar-refractivity contribution in [2.75, 3.05) is 0 Å². The van der Waals surface area contributed by atoms with Crippen LogP contribution in [0.3, 0.4) is 0 Å². The van der Waals surface area contributed by atoms with Crippen molar-refractivity contribution in [3.63, 3.8) is 0 Å². The first-order chi connectivity index (χ1) is 30.7. The first-order valence-electron chi connectivity index (χ1n) is 21.0. The molecule has 0 atom stereocenters. The molecule has 0 saturated heterocycles. The molecule has 11 aromatic rings. The minimum absolute atomic E-state index is 0.578. The lowest BCUT2D eigenvalue weighted by molar-refractivity contribution is 0.902. The normalized spacial score (nSPS) is 11.6. The average Bonchev–Trinajstić information content (AvgIpc) is 3.89. The van der Waals surface area contributed by atoms with Crippen LogP contribution in [0, 0.1) is 0 Å². The SMILES string of the molecule is C(=C\c1cccc(-n2c3ccccc3c3cc(-c4cncc(-c5nc(-c6ccccc6)nc(-c6ccccc6)n5)c4)ccc32)c1)/CCc1cc2ccccc2n1-c1ccccc1. The zero-order valence-electron chi connectivity index (χ0n) is 33.9. The van der Waals surface area contributed by atoms with E-state index in [1.807, 2.05) is 73.1 Å². The van der Waals surface area contributed by atoms with Crippen LogP contribution in [0.4, 0.5) is 0 Å². The lowest BCUT2D eigenvalue weighted by Crippen LogP contribution is -2.00. The van der Waals surface area contributed by atoms with E-state index in [0.29, 0.717) is 17.5 Å². The Morgan fingerprint density at radius 1 is 0.403 bits per heavy atom. The number of hydrogen-bond acceptors (Lipinski definition) is 4. The van der Waals surface area contributed by atoms with Gasteiger partial charge in [0.05, 0.1) is 16.6 Å². The highest BCUT2D eigenvalue weighted by atomic mass is 15.0. The quantitative estimate of drug-likeness (QED) is 0.138. The van der Waals surface area contributed by atoms with Gasteiger partial charge in [0.25, 0.3) is 0 Å². The molecule has 0 N–H and O–H groups in total. The van der Waals surface area contributed by atoms with Gasteiger partial charge in [0.15, 0.2) is 17.5 Å². The van der Waals surface area contributed by atoms with Crippen molar-refractivity contribution in [1.82, 2.24) is 29.1 Å². The molecule has 0 aliphatic heterocycles. The van der Waals surface area contributed by atoms with Crippen molar-refractivity contribution in [1.29, 1.82) is 0 Å². The summed E-state index contributed by atoms with van der Waals surface area (Å²) in [6, 6.07) is 68.0. The van der Waals surface area contributed by atoms with E-state index in [9.17, 15) is 0 Å². The van der Waals surface area contributed by atoms with E-state index in [1.165, 1.54) is 38.6 Å². The lowest BCUT2D eigenvalue weighted by Gasteiger charge is -2.11. The van der Waals surface area contributed by atoms with Gasteiger partial charge in [-0.2, -0.15) is 0 Å². The summed E-state index contributed by atoms with van der Waals surface area (Å²) in [5.74, 6) is 1.82. The molecule has 4 heterocycles. The minimum atomic E-state index is 0.578. The maximum absolute atomic E-state index is 4.96.